The van der Waals surface area contributed by atoms with Gasteiger partial charge in [-0.3, -0.25) is 5.10 Å². The molecule has 5 nitrogen and oxygen atoms in total. The first kappa shape index (κ1) is 6.90. The number of nitrogens with two attached hydrogens (primary N) is 1. The van der Waals surface area contributed by atoms with Crippen LogP contribution in [0, 0.1) is 6.92 Å². The highest BCUT2D eigenvalue weighted by Crippen LogP contribution is 2.25. The van der Waals surface area contributed by atoms with Gasteiger partial charge in [0.1, 0.15) is 0 Å². The first-order valence-corrected chi connectivity index (χ1v) is 3.50. The zero-order valence-corrected chi connectivity index (χ0v) is 6.53. The van der Waals surface area contributed by atoms with Crippen molar-refractivity contribution in [1.82, 2.24) is 15.4 Å². The molecule has 0 spiro atoms. The molecule has 0 fully saturated rings. The van der Waals surface area contributed by atoms with Gasteiger partial charge in [-0.2, -0.15) is 5.10 Å². The second-order valence-electron chi connectivity index (χ2n) is 2.51. The van der Waals surface area contributed by atoms with E-state index in [1.807, 2.05) is 6.92 Å². The smallest absolute Gasteiger partial charge is 0.175 e. The molecule has 12 heavy (non-hydrogen) atoms. The Hall–Kier alpha value is -1.78. The average Bonchev–Trinajstić information content (AvgIpc) is 2.64. The van der Waals surface area contributed by atoms with Crippen LogP contribution in [-0.2, 0) is 0 Å². The lowest BCUT2D eigenvalue weighted by Crippen LogP contribution is -1.85. The first-order valence-electron chi connectivity index (χ1n) is 3.50. The number of H-pyrrole nitrogens is 1. The highest BCUT2D eigenvalue weighted by molar-refractivity contribution is 5.63. The van der Waals surface area contributed by atoms with Crippen LogP contribution in [0.25, 0.3) is 11.3 Å². The number of aromatic nitrogens is 3. The van der Waals surface area contributed by atoms with E-state index < -0.39 is 0 Å². The molecule has 0 saturated heterocycles. The topological polar surface area (TPSA) is 80.7 Å². The summed E-state index contributed by atoms with van der Waals surface area (Å²) < 4.78 is 5.00. The van der Waals surface area contributed by atoms with Crippen molar-refractivity contribution < 1.29 is 4.52 Å². The molecule has 62 valence electrons. The van der Waals surface area contributed by atoms with Crippen LogP contribution in [0.1, 0.15) is 5.56 Å². The van der Waals surface area contributed by atoms with E-state index in [1.54, 1.807) is 12.4 Å². The Balaban J connectivity index is 2.55. The molecule has 2 aromatic heterocycles. The van der Waals surface area contributed by atoms with Crippen LogP contribution in [0.5, 0.6) is 0 Å². The zero-order chi connectivity index (χ0) is 8.55. The number of rotatable bonds is 1. The van der Waals surface area contributed by atoms with Crippen molar-refractivity contribution in [3.05, 3.63) is 18.0 Å². The number of nitrogens with one attached hydrogen (secondary N) is 1. The molecule has 0 atom stereocenters. The van der Waals surface area contributed by atoms with Crippen LogP contribution in [0.2, 0.25) is 0 Å². The molecule has 5 heteroatoms. The number of nitrogen functional groups attached to an aromatic ring is 1. The minimum atomic E-state index is 0.422. The lowest BCUT2D eigenvalue weighted by Gasteiger charge is -1.88. The molecule has 0 bridgehead atoms. The largest absolute Gasteiger partial charge is 0.381 e. The second kappa shape index (κ2) is 2.37. The summed E-state index contributed by atoms with van der Waals surface area (Å²) in [7, 11) is 0. The monoisotopic (exact) mass is 164 g/mol. The van der Waals surface area contributed by atoms with Gasteiger partial charge in [-0.15, -0.1) is 0 Å². The lowest BCUT2D eigenvalue weighted by atomic mass is 10.2. The molecule has 0 aromatic carbocycles. The molecule has 0 aliphatic rings. The lowest BCUT2D eigenvalue weighted by molar-refractivity contribution is 0.435. The van der Waals surface area contributed by atoms with E-state index >= 15 is 0 Å². The molecule has 3 N–H and O–H groups in total. The third kappa shape index (κ3) is 0.868. The molecule has 2 heterocycles. The molecular weight excluding hydrogens is 156 g/mol. The Morgan fingerprint density at radius 3 is 2.92 bits per heavy atom. The molecule has 0 unspecified atom stereocenters. The Kier molecular flexibility index (Phi) is 1.36. The van der Waals surface area contributed by atoms with E-state index in [0.29, 0.717) is 11.6 Å². The van der Waals surface area contributed by atoms with E-state index in [2.05, 4.69) is 15.4 Å². The fourth-order valence-corrected chi connectivity index (χ4v) is 0.992. The summed E-state index contributed by atoms with van der Waals surface area (Å²) in [6.07, 6.45) is 3.39. The Labute approximate surface area is 68.6 Å². The molecule has 0 aliphatic heterocycles. The predicted octanol–water partition coefficient (Wildman–Crippen LogP) is 0.955. The van der Waals surface area contributed by atoms with Crippen molar-refractivity contribution in [1.29, 1.82) is 0 Å². The van der Waals surface area contributed by atoms with Gasteiger partial charge >= 0.3 is 0 Å². The fraction of sp³-hybridized carbons (Fsp3) is 0.143. The average molecular weight is 164 g/mol. The molecular formula is C7H8N4O. The molecule has 2 rings (SSSR count). The summed E-state index contributed by atoms with van der Waals surface area (Å²) in [5.41, 5.74) is 7.21. The summed E-state index contributed by atoms with van der Waals surface area (Å²) in [6, 6.07) is 0. The summed E-state index contributed by atoms with van der Waals surface area (Å²) in [4.78, 5) is 0. The van der Waals surface area contributed by atoms with E-state index in [0.717, 1.165) is 11.1 Å². The zero-order valence-electron chi connectivity index (χ0n) is 6.53. The Morgan fingerprint density at radius 1 is 1.58 bits per heavy atom. The molecule has 0 saturated carbocycles. The van der Waals surface area contributed by atoms with Gasteiger partial charge in [-0.05, 0) is 6.92 Å². The van der Waals surface area contributed by atoms with Gasteiger partial charge in [0.05, 0.1) is 11.8 Å². The van der Waals surface area contributed by atoms with E-state index in [4.69, 9.17) is 10.3 Å². The van der Waals surface area contributed by atoms with Gasteiger partial charge in [-0.1, -0.05) is 5.16 Å². The molecule has 0 aliphatic carbocycles. The van der Waals surface area contributed by atoms with E-state index in [1.165, 1.54) is 0 Å². The van der Waals surface area contributed by atoms with E-state index in [-0.39, 0.29) is 0 Å². The van der Waals surface area contributed by atoms with Gasteiger partial charge in [0, 0.05) is 11.8 Å². The maximum atomic E-state index is 5.51. The van der Waals surface area contributed by atoms with Crippen LogP contribution in [-0.4, -0.2) is 15.4 Å². The molecule has 2 aromatic rings. The summed E-state index contributed by atoms with van der Waals surface area (Å²) in [6.45, 7) is 1.86. The van der Waals surface area contributed by atoms with Gasteiger partial charge in [0.2, 0.25) is 0 Å². The fourth-order valence-electron chi connectivity index (χ4n) is 0.992. The maximum Gasteiger partial charge on any atom is 0.175 e. The van der Waals surface area contributed by atoms with Crippen LogP contribution in [0.3, 0.4) is 0 Å². The van der Waals surface area contributed by atoms with Crippen molar-refractivity contribution in [3.8, 4) is 11.3 Å². The van der Waals surface area contributed by atoms with Crippen molar-refractivity contribution in [3.63, 3.8) is 0 Å². The van der Waals surface area contributed by atoms with Crippen molar-refractivity contribution in [2.45, 2.75) is 6.92 Å². The van der Waals surface area contributed by atoms with Crippen LogP contribution in [0.4, 0.5) is 5.82 Å². The Morgan fingerprint density at radius 2 is 2.42 bits per heavy atom. The normalized spacial score (nSPS) is 10.4. The number of hydrogen-bond acceptors (Lipinski definition) is 4. The van der Waals surface area contributed by atoms with Crippen LogP contribution >= 0.6 is 0 Å². The highest BCUT2D eigenvalue weighted by Gasteiger charge is 2.11. The van der Waals surface area contributed by atoms with Crippen LogP contribution in [0.15, 0.2) is 16.9 Å². The number of aromatic amines is 1. The van der Waals surface area contributed by atoms with Gasteiger partial charge in [0.15, 0.2) is 11.6 Å². The standard InChI is InChI=1S/C7H8N4O/c1-4-6(12-11-7(4)8)5-2-9-10-3-5/h2-3H,1H3,(H2,8,11)(H,9,10). The number of anilines is 1. The van der Waals surface area contributed by atoms with Gasteiger partial charge < -0.3 is 10.3 Å². The van der Waals surface area contributed by atoms with E-state index in [9.17, 15) is 0 Å². The number of hydrogen-bond donors (Lipinski definition) is 2. The SMILES string of the molecule is Cc1c(N)noc1-c1cn[nH]c1. The first-order chi connectivity index (χ1) is 5.79. The second-order valence-corrected chi connectivity index (χ2v) is 2.51. The third-order valence-corrected chi connectivity index (χ3v) is 1.72. The van der Waals surface area contributed by atoms with Gasteiger partial charge in [0.25, 0.3) is 0 Å². The van der Waals surface area contributed by atoms with Crippen molar-refractivity contribution in [2.75, 3.05) is 5.73 Å². The van der Waals surface area contributed by atoms with Gasteiger partial charge in [-0.25, -0.2) is 0 Å². The summed E-state index contributed by atoms with van der Waals surface area (Å²) in [5.74, 6) is 1.09. The molecule has 0 radical (unpaired) electrons. The minimum absolute atomic E-state index is 0.422. The quantitative estimate of drug-likeness (QED) is 0.657. The Bertz CT molecular complexity index is 376. The van der Waals surface area contributed by atoms with Crippen molar-refractivity contribution >= 4 is 5.82 Å². The molecule has 0 amide bonds. The minimum Gasteiger partial charge on any atom is -0.381 e. The number of nitrogens with zero attached hydrogens (tertiary/aromatic N) is 2. The van der Waals surface area contributed by atoms with Crippen molar-refractivity contribution in [2.24, 2.45) is 0 Å². The highest BCUT2D eigenvalue weighted by atomic mass is 16.5. The van der Waals surface area contributed by atoms with Crippen LogP contribution < -0.4 is 5.73 Å². The predicted molar refractivity (Wildman–Crippen MR) is 43.2 cm³/mol. The third-order valence-electron chi connectivity index (χ3n) is 1.72. The summed E-state index contributed by atoms with van der Waals surface area (Å²) in [5, 5.41) is 10.1. The maximum absolute atomic E-state index is 5.51. The summed E-state index contributed by atoms with van der Waals surface area (Å²) >= 11 is 0.